The Balaban J connectivity index is 2.63. The van der Waals surface area contributed by atoms with E-state index < -0.39 is 28.3 Å². The van der Waals surface area contributed by atoms with Crippen LogP contribution in [0.5, 0.6) is 0 Å². The highest BCUT2D eigenvalue weighted by Crippen LogP contribution is 2.21. The lowest BCUT2D eigenvalue weighted by Gasteiger charge is -2.08. The van der Waals surface area contributed by atoms with E-state index in [4.69, 9.17) is 16.3 Å². The number of rotatable bonds is 8. The molecule has 0 aliphatic rings. The largest absolute Gasteiger partial charge is 0.452 e. The van der Waals surface area contributed by atoms with Crippen molar-refractivity contribution in [3.05, 3.63) is 28.8 Å². The van der Waals surface area contributed by atoms with Gasteiger partial charge in [-0.15, -0.1) is 0 Å². The number of unbranched alkanes of at least 4 members (excludes halogenated alkanes) is 2. The second kappa shape index (κ2) is 8.88. The summed E-state index contributed by atoms with van der Waals surface area (Å²) in [5.41, 5.74) is -0.0895. The van der Waals surface area contributed by atoms with Gasteiger partial charge in [-0.05, 0) is 24.6 Å². The van der Waals surface area contributed by atoms with Crippen LogP contribution >= 0.6 is 11.6 Å². The van der Waals surface area contributed by atoms with E-state index in [0.29, 0.717) is 6.54 Å². The molecule has 23 heavy (non-hydrogen) atoms. The molecule has 6 nitrogen and oxygen atoms in total. The van der Waals surface area contributed by atoms with Gasteiger partial charge in [-0.3, -0.25) is 4.79 Å². The van der Waals surface area contributed by atoms with Crippen molar-refractivity contribution in [1.29, 1.82) is 0 Å². The Morgan fingerprint density at radius 2 is 1.96 bits per heavy atom. The highest BCUT2D eigenvalue weighted by Gasteiger charge is 2.17. The molecule has 0 unspecified atom stereocenters. The van der Waals surface area contributed by atoms with Crippen molar-refractivity contribution in [3.8, 4) is 0 Å². The number of amides is 1. The Morgan fingerprint density at radius 3 is 2.57 bits per heavy atom. The molecule has 1 N–H and O–H groups in total. The Hall–Kier alpha value is -1.60. The minimum absolute atomic E-state index is 0.0436. The first-order valence-corrected chi connectivity index (χ1v) is 9.46. The topological polar surface area (TPSA) is 89.5 Å². The first kappa shape index (κ1) is 19.4. The predicted molar refractivity (Wildman–Crippen MR) is 87.4 cm³/mol. The number of sulfone groups is 1. The normalized spacial score (nSPS) is 11.1. The molecule has 1 amide bonds. The molecule has 128 valence electrons. The molecule has 0 spiro atoms. The average Bonchev–Trinajstić information content (AvgIpc) is 2.48. The Labute approximate surface area is 141 Å². The maximum atomic E-state index is 11.9. The molecular weight excluding hydrogens is 342 g/mol. The zero-order valence-corrected chi connectivity index (χ0v) is 14.7. The molecule has 0 fully saturated rings. The highest BCUT2D eigenvalue weighted by molar-refractivity contribution is 7.90. The van der Waals surface area contributed by atoms with Crippen LogP contribution in [-0.2, 0) is 19.4 Å². The van der Waals surface area contributed by atoms with Crippen LogP contribution < -0.4 is 5.32 Å². The molecular formula is C15H20ClNO5S. The first-order valence-electron chi connectivity index (χ1n) is 7.19. The van der Waals surface area contributed by atoms with E-state index in [1.54, 1.807) is 0 Å². The van der Waals surface area contributed by atoms with Crippen LogP contribution in [-0.4, -0.2) is 39.7 Å². The van der Waals surface area contributed by atoms with Gasteiger partial charge in [0.2, 0.25) is 0 Å². The summed E-state index contributed by atoms with van der Waals surface area (Å²) in [6.07, 6.45) is 3.93. The molecule has 0 aliphatic heterocycles. The van der Waals surface area contributed by atoms with Crippen LogP contribution in [0.4, 0.5) is 0 Å². The number of benzene rings is 1. The maximum Gasteiger partial charge on any atom is 0.340 e. The van der Waals surface area contributed by atoms with Crippen LogP contribution in [0.1, 0.15) is 36.5 Å². The zero-order chi connectivity index (χ0) is 17.5. The molecule has 0 aromatic heterocycles. The maximum absolute atomic E-state index is 11.9. The minimum Gasteiger partial charge on any atom is -0.452 e. The predicted octanol–water partition coefficient (Wildman–Crippen LogP) is 2.21. The summed E-state index contributed by atoms with van der Waals surface area (Å²) >= 11 is 5.88. The fraction of sp³-hybridized carbons (Fsp3) is 0.467. The number of hydrogen-bond acceptors (Lipinski definition) is 5. The van der Waals surface area contributed by atoms with Crippen molar-refractivity contribution in [2.24, 2.45) is 0 Å². The van der Waals surface area contributed by atoms with E-state index in [2.05, 4.69) is 12.2 Å². The fourth-order valence-electron chi connectivity index (χ4n) is 1.75. The van der Waals surface area contributed by atoms with Gasteiger partial charge >= 0.3 is 5.97 Å². The van der Waals surface area contributed by atoms with Gasteiger partial charge < -0.3 is 10.1 Å². The molecule has 1 aromatic rings. The summed E-state index contributed by atoms with van der Waals surface area (Å²) in [7, 11) is -3.47. The number of halogens is 1. The van der Waals surface area contributed by atoms with Crippen molar-refractivity contribution in [1.82, 2.24) is 5.32 Å². The van der Waals surface area contributed by atoms with Gasteiger partial charge in [-0.1, -0.05) is 31.4 Å². The fourth-order valence-corrected chi connectivity index (χ4v) is 2.60. The minimum atomic E-state index is -3.47. The van der Waals surface area contributed by atoms with Crippen molar-refractivity contribution < 1.29 is 22.7 Å². The number of hydrogen-bond donors (Lipinski definition) is 1. The molecule has 0 radical (unpaired) electrons. The third kappa shape index (κ3) is 6.58. The van der Waals surface area contributed by atoms with Gasteiger partial charge in [0.25, 0.3) is 5.91 Å². The van der Waals surface area contributed by atoms with Gasteiger partial charge in [-0.25, -0.2) is 13.2 Å². The molecule has 0 atom stereocenters. The third-order valence-corrected chi connectivity index (χ3v) is 4.46. The molecule has 0 aliphatic carbocycles. The summed E-state index contributed by atoms with van der Waals surface area (Å²) in [6, 6.07) is 3.74. The highest BCUT2D eigenvalue weighted by atomic mass is 35.5. The van der Waals surface area contributed by atoms with E-state index in [0.717, 1.165) is 31.6 Å². The molecule has 1 aromatic carbocycles. The van der Waals surface area contributed by atoms with E-state index >= 15 is 0 Å². The van der Waals surface area contributed by atoms with Crippen LogP contribution in [0.25, 0.3) is 0 Å². The SMILES string of the molecule is CCCCCNC(=O)COC(=O)c1cc(S(C)(=O)=O)ccc1Cl. The molecule has 0 saturated heterocycles. The summed E-state index contributed by atoms with van der Waals surface area (Å²) in [5, 5.41) is 2.69. The van der Waals surface area contributed by atoms with Crippen molar-refractivity contribution in [2.75, 3.05) is 19.4 Å². The third-order valence-electron chi connectivity index (χ3n) is 3.02. The lowest BCUT2D eigenvalue weighted by Crippen LogP contribution is -2.29. The second-order valence-corrected chi connectivity index (χ2v) is 7.47. The van der Waals surface area contributed by atoms with Crippen LogP contribution in [0.15, 0.2) is 23.1 Å². The lowest BCUT2D eigenvalue weighted by atomic mass is 10.2. The molecule has 0 bridgehead atoms. The van der Waals surface area contributed by atoms with Gasteiger partial charge in [-0.2, -0.15) is 0 Å². The number of nitrogens with one attached hydrogen (secondary N) is 1. The quantitative estimate of drug-likeness (QED) is 0.566. The van der Waals surface area contributed by atoms with Crippen LogP contribution in [0, 0.1) is 0 Å². The number of carbonyl (C=O) groups is 2. The lowest BCUT2D eigenvalue weighted by molar-refractivity contribution is -0.124. The Morgan fingerprint density at radius 1 is 1.26 bits per heavy atom. The van der Waals surface area contributed by atoms with E-state index in [9.17, 15) is 18.0 Å². The monoisotopic (exact) mass is 361 g/mol. The number of ether oxygens (including phenoxy) is 1. The van der Waals surface area contributed by atoms with E-state index in [1.165, 1.54) is 12.1 Å². The van der Waals surface area contributed by atoms with E-state index in [-0.39, 0.29) is 15.5 Å². The van der Waals surface area contributed by atoms with Gasteiger partial charge in [0, 0.05) is 12.8 Å². The van der Waals surface area contributed by atoms with Crippen molar-refractivity contribution in [2.45, 2.75) is 31.1 Å². The molecule has 8 heteroatoms. The average molecular weight is 362 g/mol. The zero-order valence-electron chi connectivity index (χ0n) is 13.1. The van der Waals surface area contributed by atoms with Crippen molar-refractivity contribution in [3.63, 3.8) is 0 Å². The summed E-state index contributed by atoms with van der Waals surface area (Å²) in [5.74, 6) is -1.26. The molecule has 0 heterocycles. The first-order chi connectivity index (χ1) is 10.8. The molecule has 0 saturated carbocycles. The van der Waals surface area contributed by atoms with E-state index in [1.807, 2.05) is 0 Å². The van der Waals surface area contributed by atoms with Crippen LogP contribution in [0.2, 0.25) is 5.02 Å². The number of carbonyl (C=O) groups excluding carboxylic acids is 2. The summed E-state index contributed by atoms with van der Waals surface area (Å²) in [6.45, 7) is 2.14. The van der Waals surface area contributed by atoms with Gasteiger partial charge in [0.05, 0.1) is 15.5 Å². The van der Waals surface area contributed by atoms with Gasteiger partial charge in [0.1, 0.15) is 0 Å². The Kier molecular flexibility index (Phi) is 7.51. The Bertz CT molecular complexity index is 672. The number of esters is 1. The smallest absolute Gasteiger partial charge is 0.340 e. The standard InChI is InChI=1S/C15H20ClNO5S/c1-3-4-5-8-17-14(18)10-22-15(19)12-9-11(23(2,20)21)6-7-13(12)16/h6-7,9H,3-5,8,10H2,1-2H3,(H,17,18). The second-order valence-electron chi connectivity index (χ2n) is 5.05. The molecule has 1 rings (SSSR count). The van der Waals surface area contributed by atoms with Crippen LogP contribution in [0.3, 0.4) is 0 Å². The summed E-state index contributed by atoms with van der Waals surface area (Å²) < 4.78 is 27.9. The summed E-state index contributed by atoms with van der Waals surface area (Å²) in [4.78, 5) is 23.4. The van der Waals surface area contributed by atoms with Crippen molar-refractivity contribution >= 4 is 33.3 Å². The van der Waals surface area contributed by atoms with Gasteiger partial charge in [0.15, 0.2) is 16.4 Å².